The molecule has 2 aromatic rings. The van der Waals surface area contributed by atoms with Crippen LogP contribution in [-0.2, 0) is 0 Å². The molecule has 0 radical (unpaired) electrons. The molecule has 0 aliphatic carbocycles. The van der Waals surface area contributed by atoms with Gasteiger partial charge in [0.1, 0.15) is 22.5 Å². The Morgan fingerprint density at radius 3 is 2.44 bits per heavy atom. The second-order valence-electron chi connectivity index (χ2n) is 3.09. The zero-order valence-corrected chi connectivity index (χ0v) is 8.80. The first-order valence-electron chi connectivity index (χ1n) is 4.49. The lowest BCUT2D eigenvalue weighted by Crippen LogP contribution is -1.97. The van der Waals surface area contributed by atoms with Crippen LogP contribution in [0.2, 0.25) is 5.15 Å². The summed E-state index contributed by atoms with van der Waals surface area (Å²) in [6.45, 7) is 0. The van der Waals surface area contributed by atoms with Gasteiger partial charge in [0.05, 0.1) is 0 Å². The van der Waals surface area contributed by atoms with Crippen molar-refractivity contribution in [2.45, 2.75) is 0 Å². The highest BCUT2D eigenvalue weighted by Gasteiger charge is 2.08. The predicted molar refractivity (Wildman–Crippen MR) is 58.9 cm³/mol. The van der Waals surface area contributed by atoms with Crippen LogP contribution in [0, 0.1) is 11.6 Å². The van der Waals surface area contributed by atoms with E-state index in [9.17, 15) is 8.78 Å². The largest absolute Gasteiger partial charge is 0.351 e. The Hall–Kier alpha value is -1.68. The minimum atomic E-state index is -0.659. The number of para-hydroxylation sites is 1. The van der Waals surface area contributed by atoms with Gasteiger partial charge in [-0.2, -0.15) is 0 Å². The van der Waals surface area contributed by atoms with Crippen molar-refractivity contribution in [2.24, 2.45) is 0 Å². The molecular weight excluding hydrogens is 234 g/mol. The number of pyridine rings is 1. The van der Waals surface area contributed by atoms with E-state index in [0.717, 1.165) is 0 Å². The first-order valence-corrected chi connectivity index (χ1v) is 4.87. The molecule has 1 N–H and O–H groups in total. The van der Waals surface area contributed by atoms with E-state index in [1.165, 1.54) is 30.5 Å². The minimum Gasteiger partial charge on any atom is -0.351 e. The van der Waals surface area contributed by atoms with Crippen LogP contribution >= 0.6 is 11.6 Å². The van der Waals surface area contributed by atoms with E-state index in [2.05, 4.69) is 10.3 Å². The fourth-order valence-electron chi connectivity index (χ4n) is 1.24. The number of anilines is 2. The second-order valence-corrected chi connectivity index (χ2v) is 3.48. The van der Waals surface area contributed by atoms with Crippen LogP contribution in [0.4, 0.5) is 20.2 Å². The molecule has 2 nitrogen and oxygen atoms in total. The van der Waals surface area contributed by atoms with Crippen molar-refractivity contribution in [3.63, 3.8) is 0 Å². The van der Waals surface area contributed by atoms with Crippen molar-refractivity contribution in [3.05, 3.63) is 53.3 Å². The number of aromatic nitrogens is 1. The number of hydrogen-bond donors (Lipinski definition) is 1. The SMILES string of the molecule is Fc1cccc(F)c1Nc1ccnc(Cl)c1. The number of halogens is 3. The molecule has 0 aliphatic rings. The summed E-state index contributed by atoms with van der Waals surface area (Å²) in [6, 6.07) is 6.70. The summed E-state index contributed by atoms with van der Waals surface area (Å²) in [6.07, 6.45) is 1.45. The average Bonchev–Trinajstić information content (AvgIpc) is 2.24. The topological polar surface area (TPSA) is 24.9 Å². The standard InChI is InChI=1S/C11H7ClF2N2/c12-10-6-7(4-5-15-10)16-11-8(13)2-1-3-9(11)14/h1-6H,(H,15,16). The number of nitrogens with zero attached hydrogens (tertiary/aromatic N) is 1. The molecule has 0 unspecified atom stereocenters. The smallest absolute Gasteiger partial charge is 0.149 e. The summed E-state index contributed by atoms with van der Waals surface area (Å²) >= 11 is 5.65. The van der Waals surface area contributed by atoms with Crippen LogP contribution in [0.15, 0.2) is 36.5 Å². The number of nitrogens with one attached hydrogen (secondary N) is 1. The van der Waals surface area contributed by atoms with Crippen molar-refractivity contribution in [3.8, 4) is 0 Å². The van der Waals surface area contributed by atoms with Crippen molar-refractivity contribution >= 4 is 23.0 Å². The van der Waals surface area contributed by atoms with Gasteiger partial charge in [0.25, 0.3) is 0 Å². The molecule has 2 rings (SSSR count). The van der Waals surface area contributed by atoms with Crippen LogP contribution in [-0.4, -0.2) is 4.98 Å². The van der Waals surface area contributed by atoms with Crippen LogP contribution in [0.3, 0.4) is 0 Å². The first-order chi connectivity index (χ1) is 7.66. The lowest BCUT2D eigenvalue weighted by Gasteiger charge is -2.08. The molecule has 0 bridgehead atoms. The van der Waals surface area contributed by atoms with E-state index in [0.29, 0.717) is 5.69 Å². The Morgan fingerprint density at radius 1 is 1.12 bits per heavy atom. The summed E-state index contributed by atoms with van der Waals surface area (Å²) in [5.74, 6) is -1.32. The van der Waals surface area contributed by atoms with Gasteiger partial charge in [0.15, 0.2) is 0 Å². The Kier molecular flexibility index (Phi) is 3.01. The maximum atomic E-state index is 13.3. The van der Waals surface area contributed by atoms with E-state index in [4.69, 9.17) is 11.6 Å². The molecule has 1 aromatic heterocycles. The highest BCUT2D eigenvalue weighted by molar-refractivity contribution is 6.29. The number of hydrogen-bond acceptors (Lipinski definition) is 2. The van der Waals surface area contributed by atoms with Crippen molar-refractivity contribution in [1.29, 1.82) is 0 Å². The van der Waals surface area contributed by atoms with Gasteiger partial charge < -0.3 is 5.32 Å². The Balaban J connectivity index is 2.34. The summed E-state index contributed by atoms with van der Waals surface area (Å²) < 4.78 is 26.6. The van der Waals surface area contributed by atoms with Crippen molar-refractivity contribution in [1.82, 2.24) is 4.98 Å². The lowest BCUT2D eigenvalue weighted by molar-refractivity contribution is 0.591. The van der Waals surface area contributed by atoms with Gasteiger partial charge in [0, 0.05) is 11.9 Å². The van der Waals surface area contributed by atoms with Crippen molar-refractivity contribution < 1.29 is 8.78 Å². The lowest BCUT2D eigenvalue weighted by atomic mass is 10.2. The maximum Gasteiger partial charge on any atom is 0.149 e. The van der Waals surface area contributed by atoms with Gasteiger partial charge in [-0.25, -0.2) is 13.8 Å². The van der Waals surface area contributed by atoms with E-state index in [1.54, 1.807) is 6.07 Å². The number of benzene rings is 1. The second kappa shape index (κ2) is 4.45. The zero-order chi connectivity index (χ0) is 11.5. The monoisotopic (exact) mass is 240 g/mol. The molecular formula is C11H7ClF2N2. The third-order valence-corrected chi connectivity index (χ3v) is 2.17. The van der Waals surface area contributed by atoms with Gasteiger partial charge in [-0.05, 0) is 24.3 Å². The third-order valence-electron chi connectivity index (χ3n) is 1.96. The summed E-state index contributed by atoms with van der Waals surface area (Å²) in [7, 11) is 0. The van der Waals surface area contributed by atoms with E-state index >= 15 is 0 Å². The zero-order valence-electron chi connectivity index (χ0n) is 8.05. The molecule has 0 spiro atoms. The van der Waals surface area contributed by atoms with Crippen LogP contribution < -0.4 is 5.32 Å². The molecule has 0 atom stereocenters. The fraction of sp³-hybridized carbons (Fsp3) is 0. The molecule has 0 fully saturated rings. The van der Waals surface area contributed by atoms with E-state index in [1.807, 2.05) is 0 Å². The van der Waals surface area contributed by atoms with E-state index < -0.39 is 11.6 Å². The van der Waals surface area contributed by atoms with Gasteiger partial charge in [-0.1, -0.05) is 17.7 Å². The molecule has 0 aliphatic heterocycles. The van der Waals surface area contributed by atoms with Gasteiger partial charge in [-0.15, -0.1) is 0 Å². The highest BCUT2D eigenvalue weighted by atomic mass is 35.5. The molecule has 1 heterocycles. The van der Waals surface area contributed by atoms with E-state index in [-0.39, 0.29) is 10.8 Å². The summed E-state index contributed by atoms with van der Waals surface area (Å²) in [5.41, 5.74) is 0.272. The average molecular weight is 241 g/mol. The molecule has 0 saturated heterocycles. The van der Waals surface area contributed by atoms with Crippen molar-refractivity contribution in [2.75, 3.05) is 5.32 Å². The minimum absolute atomic E-state index is 0.204. The fourth-order valence-corrected chi connectivity index (χ4v) is 1.42. The molecule has 0 amide bonds. The third kappa shape index (κ3) is 2.28. The molecule has 16 heavy (non-hydrogen) atoms. The molecule has 82 valence electrons. The highest BCUT2D eigenvalue weighted by Crippen LogP contribution is 2.23. The molecule has 1 aromatic carbocycles. The van der Waals surface area contributed by atoms with Gasteiger partial charge >= 0.3 is 0 Å². The predicted octanol–water partition coefficient (Wildman–Crippen LogP) is 3.76. The molecule has 5 heteroatoms. The van der Waals surface area contributed by atoms with Gasteiger partial charge in [-0.3, -0.25) is 0 Å². The first kappa shape index (κ1) is 10.8. The van der Waals surface area contributed by atoms with Gasteiger partial charge in [0.2, 0.25) is 0 Å². The maximum absolute atomic E-state index is 13.3. The summed E-state index contributed by atoms with van der Waals surface area (Å²) in [5, 5.41) is 2.86. The van der Waals surface area contributed by atoms with Crippen LogP contribution in [0.25, 0.3) is 0 Å². The Labute approximate surface area is 95.9 Å². The van der Waals surface area contributed by atoms with Crippen LogP contribution in [0.5, 0.6) is 0 Å². The summed E-state index contributed by atoms with van der Waals surface area (Å²) in [4.78, 5) is 3.76. The molecule has 0 saturated carbocycles. The normalized spacial score (nSPS) is 10.2. The Morgan fingerprint density at radius 2 is 1.81 bits per heavy atom. The van der Waals surface area contributed by atoms with Crippen LogP contribution in [0.1, 0.15) is 0 Å². The number of rotatable bonds is 2. The Bertz CT molecular complexity index is 497. The quantitative estimate of drug-likeness (QED) is 0.809.